The standard InChI is InChI=1S/C13H17Br2NO/c1-3-10(14)7-8-16-13(17)11-5-4-6-12(15)9(11)2/h4-6,10H,3,7-8H2,1-2H3,(H,16,17). The molecule has 1 rings (SSSR count). The molecule has 0 fully saturated rings. The molecule has 1 aromatic carbocycles. The summed E-state index contributed by atoms with van der Waals surface area (Å²) in [6.07, 6.45) is 2.03. The molecular weight excluding hydrogens is 346 g/mol. The number of rotatable bonds is 5. The Kier molecular flexibility index (Phi) is 6.20. The number of halogens is 2. The molecule has 94 valence electrons. The van der Waals surface area contributed by atoms with Gasteiger partial charge >= 0.3 is 0 Å². The average Bonchev–Trinajstić information content (AvgIpc) is 2.32. The smallest absolute Gasteiger partial charge is 0.251 e. The summed E-state index contributed by atoms with van der Waals surface area (Å²) in [5, 5.41) is 2.94. The van der Waals surface area contributed by atoms with Gasteiger partial charge < -0.3 is 5.32 Å². The van der Waals surface area contributed by atoms with Gasteiger partial charge in [0.05, 0.1) is 0 Å². The zero-order chi connectivity index (χ0) is 12.8. The molecule has 1 unspecified atom stereocenters. The molecule has 2 nitrogen and oxygen atoms in total. The normalized spacial score (nSPS) is 12.2. The van der Waals surface area contributed by atoms with E-state index in [-0.39, 0.29) is 5.91 Å². The van der Waals surface area contributed by atoms with Gasteiger partial charge in [-0.1, -0.05) is 44.8 Å². The second kappa shape index (κ2) is 7.17. The second-order valence-electron chi connectivity index (χ2n) is 3.96. The molecule has 4 heteroatoms. The van der Waals surface area contributed by atoms with Crippen LogP contribution in [0.25, 0.3) is 0 Å². The number of hydrogen-bond donors (Lipinski definition) is 1. The average molecular weight is 363 g/mol. The molecule has 17 heavy (non-hydrogen) atoms. The molecule has 0 heterocycles. The van der Waals surface area contributed by atoms with Crippen LogP contribution in [0.5, 0.6) is 0 Å². The van der Waals surface area contributed by atoms with Gasteiger partial charge in [0.15, 0.2) is 0 Å². The highest BCUT2D eigenvalue weighted by Crippen LogP contribution is 2.19. The van der Waals surface area contributed by atoms with Crippen LogP contribution < -0.4 is 5.32 Å². The van der Waals surface area contributed by atoms with Gasteiger partial charge in [-0.25, -0.2) is 0 Å². The molecule has 1 aromatic rings. The van der Waals surface area contributed by atoms with E-state index in [9.17, 15) is 4.79 Å². The quantitative estimate of drug-likeness (QED) is 0.786. The highest BCUT2D eigenvalue weighted by Gasteiger charge is 2.10. The van der Waals surface area contributed by atoms with E-state index in [1.165, 1.54) is 0 Å². The van der Waals surface area contributed by atoms with Gasteiger partial charge in [-0.15, -0.1) is 0 Å². The number of amides is 1. The highest BCUT2D eigenvalue weighted by atomic mass is 79.9. The van der Waals surface area contributed by atoms with Crippen molar-refractivity contribution in [2.24, 2.45) is 0 Å². The summed E-state index contributed by atoms with van der Waals surface area (Å²) >= 11 is 6.98. The number of carbonyl (C=O) groups is 1. The Hall–Kier alpha value is -0.350. The van der Waals surface area contributed by atoms with E-state index in [4.69, 9.17) is 0 Å². The molecule has 0 aromatic heterocycles. The monoisotopic (exact) mass is 361 g/mol. The maximum atomic E-state index is 11.9. The summed E-state index contributed by atoms with van der Waals surface area (Å²) in [4.78, 5) is 12.4. The zero-order valence-corrected chi connectivity index (χ0v) is 13.3. The van der Waals surface area contributed by atoms with Crippen LogP contribution in [0, 0.1) is 6.92 Å². The Morgan fingerprint density at radius 1 is 1.47 bits per heavy atom. The number of carbonyl (C=O) groups excluding carboxylic acids is 1. The van der Waals surface area contributed by atoms with Crippen LogP contribution >= 0.6 is 31.9 Å². The summed E-state index contributed by atoms with van der Waals surface area (Å²) in [6.45, 7) is 4.77. The van der Waals surface area contributed by atoms with Gasteiger partial charge in [-0.2, -0.15) is 0 Å². The topological polar surface area (TPSA) is 29.1 Å². The first-order valence-electron chi connectivity index (χ1n) is 5.73. The third kappa shape index (κ3) is 4.43. The van der Waals surface area contributed by atoms with Gasteiger partial charge in [-0.05, 0) is 37.5 Å². The molecule has 0 aliphatic rings. The molecule has 1 amide bonds. The van der Waals surface area contributed by atoms with Crippen LogP contribution in [0.1, 0.15) is 35.7 Å². The van der Waals surface area contributed by atoms with Gasteiger partial charge in [0.25, 0.3) is 5.91 Å². The highest BCUT2D eigenvalue weighted by molar-refractivity contribution is 9.10. The van der Waals surface area contributed by atoms with Crippen molar-refractivity contribution in [3.05, 3.63) is 33.8 Å². The van der Waals surface area contributed by atoms with Crippen molar-refractivity contribution < 1.29 is 4.79 Å². The largest absolute Gasteiger partial charge is 0.352 e. The van der Waals surface area contributed by atoms with E-state index >= 15 is 0 Å². The van der Waals surface area contributed by atoms with Crippen LogP contribution in [0.4, 0.5) is 0 Å². The van der Waals surface area contributed by atoms with Crippen molar-refractivity contribution in [3.63, 3.8) is 0 Å². The number of benzene rings is 1. The first-order chi connectivity index (χ1) is 8.06. The Bertz CT molecular complexity index is 393. The van der Waals surface area contributed by atoms with Crippen molar-refractivity contribution in [2.75, 3.05) is 6.54 Å². The third-order valence-electron chi connectivity index (χ3n) is 2.70. The molecule has 1 atom stereocenters. The van der Waals surface area contributed by atoms with Crippen molar-refractivity contribution >= 4 is 37.8 Å². The SMILES string of the molecule is CCC(Br)CCNC(=O)c1cccc(Br)c1C. The summed E-state index contributed by atoms with van der Waals surface area (Å²) in [5.41, 5.74) is 1.72. The predicted octanol–water partition coefficient (Wildman–Crippen LogP) is 4.05. The van der Waals surface area contributed by atoms with Gasteiger partial charge in [0.2, 0.25) is 0 Å². The Morgan fingerprint density at radius 3 is 2.82 bits per heavy atom. The van der Waals surface area contributed by atoms with Gasteiger partial charge in [0, 0.05) is 21.4 Å². The first kappa shape index (κ1) is 14.7. The lowest BCUT2D eigenvalue weighted by Gasteiger charge is -2.10. The molecule has 0 saturated heterocycles. The van der Waals surface area contributed by atoms with Crippen molar-refractivity contribution in [3.8, 4) is 0 Å². The molecule has 0 spiro atoms. The second-order valence-corrected chi connectivity index (χ2v) is 6.11. The van der Waals surface area contributed by atoms with Crippen LogP contribution in [0.3, 0.4) is 0 Å². The van der Waals surface area contributed by atoms with E-state index in [0.29, 0.717) is 11.4 Å². The van der Waals surface area contributed by atoms with Crippen LogP contribution in [0.15, 0.2) is 22.7 Å². The summed E-state index contributed by atoms with van der Waals surface area (Å²) in [6, 6.07) is 5.67. The van der Waals surface area contributed by atoms with E-state index in [2.05, 4.69) is 44.1 Å². The van der Waals surface area contributed by atoms with E-state index < -0.39 is 0 Å². The van der Waals surface area contributed by atoms with Crippen LogP contribution in [0.2, 0.25) is 0 Å². The number of hydrogen-bond acceptors (Lipinski definition) is 1. The minimum Gasteiger partial charge on any atom is -0.352 e. The fourth-order valence-electron chi connectivity index (χ4n) is 1.50. The molecule has 0 aliphatic heterocycles. The lowest BCUT2D eigenvalue weighted by atomic mass is 10.1. The molecule has 1 N–H and O–H groups in total. The maximum Gasteiger partial charge on any atom is 0.251 e. The summed E-state index contributed by atoms with van der Waals surface area (Å²) in [7, 11) is 0. The first-order valence-corrected chi connectivity index (χ1v) is 7.44. The van der Waals surface area contributed by atoms with E-state index in [0.717, 1.165) is 28.4 Å². The Morgan fingerprint density at radius 2 is 2.18 bits per heavy atom. The Labute approximate surface area is 119 Å². The minimum absolute atomic E-state index is 0.000368. The van der Waals surface area contributed by atoms with E-state index in [1.807, 2.05) is 25.1 Å². The van der Waals surface area contributed by atoms with Gasteiger partial charge in [-0.3, -0.25) is 4.79 Å². The zero-order valence-electron chi connectivity index (χ0n) is 10.1. The summed E-state index contributed by atoms with van der Waals surface area (Å²) < 4.78 is 0.970. The van der Waals surface area contributed by atoms with Crippen LogP contribution in [-0.4, -0.2) is 17.3 Å². The maximum absolute atomic E-state index is 11.9. The molecule has 0 aliphatic carbocycles. The van der Waals surface area contributed by atoms with E-state index in [1.54, 1.807) is 0 Å². The lowest BCUT2D eigenvalue weighted by Crippen LogP contribution is -2.26. The van der Waals surface area contributed by atoms with Crippen molar-refractivity contribution in [2.45, 2.75) is 31.5 Å². The number of alkyl halides is 1. The van der Waals surface area contributed by atoms with Crippen LogP contribution in [-0.2, 0) is 0 Å². The fourth-order valence-corrected chi connectivity index (χ4v) is 2.09. The summed E-state index contributed by atoms with van der Waals surface area (Å²) in [5.74, 6) is -0.000368. The van der Waals surface area contributed by atoms with Gasteiger partial charge in [0.1, 0.15) is 0 Å². The molecule has 0 radical (unpaired) electrons. The van der Waals surface area contributed by atoms with Crippen molar-refractivity contribution in [1.82, 2.24) is 5.32 Å². The Balaban J connectivity index is 2.56. The lowest BCUT2D eigenvalue weighted by molar-refractivity contribution is 0.0952. The minimum atomic E-state index is -0.000368. The predicted molar refractivity (Wildman–Crippen MR) is 78.8 cm³/mol. The molecular formula is C13H17Br2NO. The fraction of sp³-hybridized carbons (Fsp3) is 0.462. The molecule has 0 bridgehead atoms. The van der Waals surface area contributed by atoms with Crippen molar-refractivity contribution in [1.29, 1.82) is 0 Å². The number of nitrogens with one attached hydrogen (secondary N) is 1. The molecule has 0 saturated carbocycles. The third-order valence-corrected chi connectivity index (χ3v) is 4.66.